The Balaban J connectivity index is 2.06. The average Bonchev–Trinajstić information content (AvgIpc) is 2.57. The first kappa shape index (κ1) is 16.0. The SMILES string of the molecule is [CH3][Sn]([CH3])([CH3])[c]1ccc(N(c2ccccn2)c2ccccn2)cc1. The summed E-state index contributed by atoms with van der Waals surface area (Å²) >= 11 is -2.04. The molecule has 116 valence electrons. The van der Waals surface area contributed by atoms with E-state index < -0.39 is 18.4 Å². The summed E-state index contributed by atoms with van der Waals surface area (Å²) < 4.78 is 1.52. The van der Waals surface area contributed by atoms with E-state index in [1.165, 1.54) is 3.58 Å². The molecule has 0 atom stereocenters. The molecule has 0 aliphatic rings. The van der Waals surface area contributed by atoms with Crippen LogP contribution in [0.15, 0.2) is 73.1 Å². The zero-order valence-corrected chi connectivity index (χ0v) is 16.6. The molecule has 0 amide bonds. The fraction of sp³-hybridized carbons (Fsp3) is 0.158. The van der Waals surface area contributed by atoms with Crippen LogP contribution in [-0.2, 0) is 0 Å². The van der Waals surface area contributed by atoms with Crippen molar-refractivity contribution in [3.05, 3.63) is 73.1 Å². The van der Waals surface area contributed by atoms with E-state index in [2.05, 4.69) is 54.0 Å². The van der Waals surface area contributed by atoms with Gasteiger partial charge in [0.15, 0.2) is 0 Å². The van der Waals surface area contributed by atoms with Crippen LogP contribution in [-0.4, -0.2) is 28.3 Å². The first-order valence-corrected chi connectivity index (χ1v) is 17.8. The van der Waals surface area contributed by atoms with Crippen molar-refractivity contribution < 1.29 is 0 Å². The van der Waals surface area contributed by atoms with Crippen LogP contribution in [0.4, 0.5) is 17.3 Å². The summed E-state index contributed by atoms with van der Waals surface area (Å²) in [7, 11) is 0. The fourth-order valence-electron chi connectivity index (χ4n) is 2.46. The zero-order valence-electron chi connectivity index (χ0n) is 13.8. The standard InChI is InChI=1S/C16H12N3.3CH3.Sn/c1-2-8-14(9-3-1)19(15-10-4-6-12-17-15)16-11-5-7-13-18-16;;;;/h2-13H;3*1H3;. The molecule has 2 aromatic heterocycles. The zero-order chi connectivity index (χ0) is 16.3. The van der Waals surface area contributed by atoms with Crippen LogP contribution >= 0.6 is 0 Å². The Labute approximate surface area is 141 Å². The Morgan fingerprint density at radius 1 is 0.696 bits per heavy atom. The Morgan fingerprint density at radius 3 is 1.61 bits per heavy atom. The normalized spacial score (nSPS) is 11.3. The maximum absolute atomic E-state index is 4.50. The number of benzene rings is 1. The van der Waals surface area contributed by atoms with E-state index in [4.69, 9.17) is 0 Å². The van der Waals surface area contributed by atoms with Gasteiger partial charge >= 0.3 is 142 Å². The molecule has 4 heteroatoms. The van der Waals surface area contributed by atoms with Crippen molar-refractivity contribution in [2.24, 2.45) is 0 Å². The van der Waals surface area contributed by atoms with Crippen LogP contribution in [0, 0.1) is 0 Å². The van der Waals surface area contributed by atoms with E-state index in [1.54, 1.807) is 0 Å². The number of hydrogen-bond donors (Lipinski definition) is 0. The van der Waals surface area contributed by atoms with Gasteiger partial charge in [0, 0.05) is 0 Å². The quantitative estimate of drug-likeness (QED) is 0.594. The summed E-state index contributed by atoms with van der Waals surface area (Å²) in [6, 6.07) is 20.8. The van der Waals surface area contributed by atoms with Crippen molar-refractivity contribution in [3.63, 3.8) is 0 Å². The molecule has 0 spiro atoms. The van der Waals surface area contributed by atoms with Gasteiger partial charge in [0.1, 0.15) is 0 Å². The van der Waals surface area contributed by atoms with Gasteiger partial charge in [-0.3, -0.25) is 0 Å². The van der Waals surface area contributed by atoms with Crippen molar-refractivity contribution in [3.8, 4) is 0 Å². The van der Waals surface area contributed by atoms with Crippen molar-refractivity contribution >= 4 is 39.3 Å². The van der Waals surface area contributed by atoms with E-state index in [1.807, 2.05) is 48.8 Å². The molecule has 2 heterocycles. The number of aromatic nitrogens is 2. The molecule has 0 unspecified atom stereocenters. The molecular weight excluding hydrogens is 389 g/mol. The van der Waals surface area contributed by atoms with E-state index in [-0.39, 0.29) is 0 Å². The summed E-state index contributed by atoms with van der Waals surface area (Å²) in [6.07, 6.45) is 3.62. The summed E-state index contributed by atoms with van der Waals surface area (Å²) in [5, 5.41) is 0. The molecule has 23 heavy (non-hydrogen) atoms. The Kier molecular flexibility index (Phi) is 4.66. The first-order valence-electron chi connectivity index (χ1n) is 7.78. The number of nitrogens with zero attached hydrogens (tertiary/aromatic N) is 3. The van der Waals surface area contributed by atoms with Gasteiger partial charge in [-0.1, -0.05) is 0 Å². The fourth-order valence-corrected chi connectivity index (χ4v) is 5.79. The summed E-state index contributed by atoms with van der Waals surface area (Å²) in [6.45, 7) is 0. The molecule has 0 fully saturated rings. The van der Waals surface area contributed by atoms with E-state index >= 15 is 0 Å². The van der Waals surface area contributed by atoms with Crippen LogP contribution < -0.4 is 8.48 Å². The van der Waals surface area contributed by atoms with Crippen LogP contribution in [0.2, 0.25) is 14.8 Å². The van der Waals surface area contributed by atoms with Crippen molar-refractivity contribution in [2.45, 2.75) is 14.8 Å². The number of anilines is 3. The number of hydrogen-bond acceptors (Lipinski definition) is 3. The Hall–Kier alpha value is -1.88. The van der Waals surface area contributed by atoms with Crippen molar-refractivity contribution in [1.29, 1.82) is 0 Å². The van der Waals surface area contributed by atoms with Gasteiger partial charge in [-0.2, -0.15) is 0 Å². The summed E-state index contributed by atoms with van der Waals surface area (Å²) in [4.78, 5) is 18.4. The summed E-state index contributed by atoms with van der Waals surface area (Å²) in [5.74, 6) is 1.75. The Bertz CT molecular complexity index is 711. The average molecular weight is 410 g/mol. The van der Waals surface area contributed by atoms with Gasteiger partial charge in [0.25, 0.3) is 0 Å². The molecule has 0 N–H and O–H groups in total. The summed E-state index contributed by atoms with van der Waals surface area (Å²) in [5.41, 5.74) is 1.08. The predicted molar refractivity (Wildman–Crippen MR) is 99.7 cm³/mol. The van der Waals surface area contributed by atoms with Gasteiger partial charge < -0.3 is 0 Å². The van der Waals surface area contributed by atoms with Gasteiger partial charge in [-0.25, -0.2) is 0 Å². The molecule has 0 saturated carbocycles. The van der Waals surface area contributed by atoms with Crippen LogP contribution in [0.3, 0.4) is 0 Å². The van der Waals surface area contributed by atoms with Gasteiger partial charge in [0.2, 0.25) is 0 Å². The second-order valence-corrected chi connectivity index (χ2v) is 21.0. The predicted octanol–water partition coefficient (Wildman–Crippen LogP) is 4.49. The topological polar surface area (TPSA) is 29.0 Å². The third-order valence-corrected chi connectivity index (χ3v) is 9.64. The molecule has 0 aliphatic heterocycles. The number of pyridine rings is 2. The molecule has 0 bridgehead atoms. The molecule has 0 saturated heterocycles. The maximum atomic E-state index is 4.50. The third-order valence-electron chi connectivity index (χ3n) is 3.75. The second kappa shape index (κ2) is 6.70. The van der Waals surface area contributed by atoms with Gasteiger partial charge in [0.05, 0.1) is 0 Å². The molecule has 3 nitrogen and oxygen atoms in total. The van der Waals surface area contributed by atoms with Crippen molar-refractivity contribution in [1.82, 2.24) is 9.97 Å². The monoisotopic (exact) mass is 411 g/mol. The molecular formula is C19H21N3Sn. The number of rotatable bonds is 4. The second-order valence-electron chi connectivity index (χ2n) is 6.51. The minimum absolute atomic E-state index is 0.873. The van der Waals surface area contributed by atoms with Crippen LogP contribution in [0.1, 0.15) is 0 Å². The van der Waals surface area contributed by atoms with E-state index in [0.717, 1.165) is 17.3 Å². The van der Waals surface area contributed by atoms with Crippen LogP contribution in [0.25, 0.3) is 0 Å². The van der Waals surface area contributed by atoms with E-state index in [9.17, 15) is 0 Å². The molecule has 1 aromatic carbocycles. The van der Waals surface area contributed by atoms with Crippen LogP contribution in [0.5, 0.6) is 0 Å². The van der Waals surface area contributed by atoms with Gasteiger partial charge in [-0.05, 0) is 0 Å². The minimum atomic E-state index is -2.04. The van der Waals surface area contributed by atoms with E-state index in [0.29, 0.717) is 0 Å². The van der Waals surface area contributed by atoms with Gasteiger partial charge in [-0.15, -0.1) is 0 Å². The molecule has 0 aliphatic carbocycles. The Morgan fingerprint density at radius 2 is 1.22 bits per heavy atom. The first-order chi connectivity index (χ1) is 11.1. The molecule has 3 rings (SSSR count). The van der Waals surface area contributed by atoms with Crippen molar-refractivity contribution in [2.75, 3.05) is 4.90 Å². The molecule has 3 aromatic rings. The third kappa shape index (κ3) is 3.72. The molecule has 0 radical (unpaired) electrons.